The number of ether oxygens (including phenoxy) is 1. The van der Waals surface area contributed by atoms with Crippen molar-refractivity contribution in [2.45, 2.75) is 32.3 Å². The molecule has 1 aromatic heterocycles. The van der Waals surface area contributed by atoms with E-state index in [1.807, 2.05) is 0 Å². The number of benzene rings is 1. The van der Waals surface area contributed by atoms with Crippen molar-refractivity contribution in [1.29, 1.82) is 0 Å². The van der Waals surface area contributed by atoms with Crippen molar-refractivity contribution < 1.29 is 19.2 Å². The molecular formula is C14H16N2O4S. The van der Waals surface area contributed by atoms with Gasteiger partial charge in [-0.15, -0.1) is 11.3 Å². The monoisotopic (exact) mass is 308 g/mol. The van der Waals surface area contributed by atoms with Gasteiger partial charge in [-0.3, -0.25) is 4.79 Å². The standard InChI is InChI=1S/C14H16N2O4S/c1-14(2,3)19-12(17)11(13(18)20-15)8-4-5-9-10(6-8)21-7-16-9/h4-7,11H,15H2,1-3H3/t11-/m1/s1. The molecule has 0 fully saturated rings. The molecule has 0 bridgehead atoms. The quantitative estimate of drug-likeness (QED) is 0.530. The van der Waals surface area contributed by atoms with E-state index in [4.69, 9.17) is 10.6 Å². The first-order chi connectivity index (χ1) is 9.81. The Kier molecular flexibility index (Phi) is 4.24. The zero-order valence-corrected chi connectivity index (χ0v) is 12.8. The number of thiazole rings is 1. The maximum atomic E-state index is 12.2. The van der Waals surface area contributed by atoms with Gasteiger partial charge in [-0.25, -0.2) is 9.78 Å². The molecule has 7 heteroatoms. The van der Waals surface area contributed by atoms with E-state index in [2.05, 4.69) is 9.82 Å². The van der Waals surface area contributed by atoms with Crippen LogP contribution in [0, 0.1) is 0 Å². The van der Waals surface area contributed by atoms with E-state index >= 15 is 0 Å². The third-order valence-electron chi connectivity index (χ3n) is 2.68. The highest BCUT2D eigenvalue weighted by atomic mass is 32.1. The molecule has 112 valence electrons. The Labute approximate surface area is 125 Å². The topological polar surface area (TPSA) is 91.5 Å². The van der Waals surface area contributed by atoms with Crippen LogP contribution in [0.2, 0.25) is 0 Å². The normalized spacial score (nSPS) is 13.0. The lowest BCUT2D eigenvalue weighted by molar-refractivity contribution is -0.164. The molecule has 0 saturated heterocycles. The molecule has 6 nitrogen and oxygen atoms in total. The molecular weight excluding hydrogens is 292 g/mol. The summed E-state index contributed by atoms with van der Waals surface area (Å²) in [6.45, 7) is 5.17. The van der Waals surface area contributed by atoms with Crippen molar-refractivity contribution in [2.75, 3.05) is 0 Å². The number of hydrogen-bond acceptors (Lipinski definition) is 7. The van der Waals surface area contributed by atoms with Crippen molar-refractivity contribution in [2.24, 2.45) is 5.90 Å². The van der Waals surface area contributed by atoms with E-state index in [-0.39, 0.29) is 0 Å². The minimum Gasteiger partial charge on any atom is -0.459 e. The number of carbonyl (C=O) groups is 2. The van der Waals surface area contributed by atoms with Gasteiger partial charge in [0.15, 0.2) is 5.92 Å². The lowest BCUT2D eigenvalue weighted by Crippen LogP contribution is -2.33. The van der Waals surface area contributed by atoms with Crippen molar-refractivity contribution >= 4 is 33.5 Å². The molecule has 2 aromatic rings. The average Bonchev–Trinajstić information content (AvgIpc) is 2.84. The summed E-state index contributed by atoms with van der Waals surface area (Å²) in [7, 11) is 0. The molecule has 1 atom stereocenters. The predicted octanol–water partition coefficient (Wildman–Crippen LogP) is 2.14. The van der Waals surface area contributed by atoms with E-state index < -0.39 is 23.5 Å². The Bertz CT molecular complexity index is 675. The van der Waals surface area contributed by atoms with Crippen LogP contribution in [0.1, 0.15) is 32.3 Å². The second-order valence-corrected chi connectivity index (χ2v) is 6.37. The maximum Gasteiger partial charge on any atom is 0.343 e. The van der Waals surface area contributed by atoms with Gasteiger partial charge in [0, 0.05) is 0 Å². The Morgan fingerprint density at radius 3 is 2.62 bits per heavy atom. The lowest BCUT2D eigenvalue weighted by Gasteiger charge is -2.22. The largest absolute Gasteiger partial charge is 0.459 e. The van der Waals surface area contributed by atoms with Crippen LogP contribution in [0.15, 0.2) is 23.7 Å². The number of fused-ring (bicyclic) bond motifs is 1. The zero-order valence-electron chi connectivity index (χ0n) is 12.0. The molecule has 2 rings (SSSR count). The third-order valence-corrected chi connectivity index (χ3v) is 3.47. The van der Waals surface area contributed by atoms with Crippen molar-refractivity contribution in [1.82, 2.24) is 4.98 Å². The summed E-state index contributed by atoms with van der Waals surface area (Å²) in [5, 5.41) is 0. The lowest BCUT2D eigenvalue weighted by atomic mass is 9.99. The molecule has 1 heterocycles. The first kappa shape index (κ1) is 15.4. The molecule has 1 aromatic carbocycles. The fourth-order valence-electron chi connectivity index (χ4n) is 1.85. The van der Waals surface area contributed by atoms with E-state index in [9.17, 15) is 9.59 Å². The second-order valence-electron chi connectivity index (χ2n) is 5.48. The fourth-order valence-corrected chi connectivity index (χ4v) is 2.57. The van der Waals surface area contributed by atoms with E-state index in [0.717, 1.165) is 10.2 Å². The number of aromatic nitrogens is 1. The number of hydrogen-bond donors (Lipinski definition) is 1. The van der Waals surface area contributed by atoms with Gasteiger partial charge in [0.2, 0.25) is 0 Å². The van der Waals surface area contributed by atoms with E-state index in [0.29, 0.717) is 5.56 Å². The Morgan fingerprint density at radius 2 is 2.00 bits per heavy atom. The predicted molar refractivity (Wildman–Crippen MR) is 78.5 cm³/mol. The van der Waals surface area contributed by atoms with Gasteiger partial charge in [-0.05, 0) is 38.5 Å². The Balaban J connectivity index is 2.39. The molecule has 0 aliphatic heterocycles. The van der Waals surface area contributed by atoms with E-state index in [1.165, 1.54) is 11.3 Å². The van der Waals surface area contributed by atoms with Gasteiger partial charge >= 0.3 is 11.9 Å². The van der Waals surface area contributed by atoms with Crippen LogP contribution in [0.4, 0.5) is 0 Å². The Morgan fingerprint density at radius 1 is 1.29 bits per heavy atom. The maximum absolute atomic E-state index is 12.2. The van der Waals surface area contributed by atoms with Crippen LogP contribution in [-0.4, -0.2) is 22.5 Å². The summed E-state index contributed by atoms with van der Waals surface area (Å²) in [5.74, 6) is 2.18. The molecule has 0 radical (unpaired) electrons. The molecule has 0 unspecified atom stereocenters. The van der Waals surface area contributed by atoms with E-state index in [1.54, 1.807) is 44.5 Å². The summed E-state index contributed by atoms with van der Waals surface area (Å²) >= 11 is 1.42. The number of carbonyl (C=O) groups excluding carboxylic acids is 2. The van der Waals surface area contributed by atoms with Crippen LogP contribution in [-0.2, 0) is 19.2 Å². The number of nitrogens with two attached hydrogens (primary N) is 1. The van der Waals surface area contributed by atoms with Gasteiger partial charge in [-0.1, -0.05) is 6.07 Å². The Hall–Kier alpha value is -1.99. The summed E-state index contributed by atoms with van der Waals surface area (Å²) in [6, 6.07) is 5.11. The van der Waals surface area contributed by atoms with Crippen LogP contribution >= 0.6 is 11.3 Å². The van der Waals surface area contributed by atoms with Gasteiger partial charge in [-0.2, -0.15) is 5.90 Å². The summed E-state index contributed by atoms with van der Waals surface area (Å²) in [4.78, 5) is 32.5. The number of rotatable bonds is 3. The minimum atomic E-state index is -1.21. The number of esters is 1. The molecule has 0 amide bonds. The average molecular weight is 308 g/mol. The van der Waals surface area contributed by atoms with Crippen LogP contribution in [0.5, 0.6) is 0 Å². The van der Waals surface area contributed by atoms with Gasteiger partial charge in [0.05, 0.1) is 15.7 Å². The third kappa shape index (κ3) is 3.56. The zero-order chi connectivity index (χ0) is 15.6. The summed E-state index contributed by atoms with van der Waals surface area (Å²) in [6.07, 6.45) is 0. The molecule has 21 heavy (non-hydrogen) atoms. The van der Waals surface area contributed by atoms with Crippen LogP contribution < -0.4 is 5.90 Å². The molecule has 0 aliphatic carbocycles. The van der Waals surface area contributed by atoms with Crippen molar-refractivity contribution in [3.63, 3.8) is 0 Å². The van der Waals surface area contributed by atoms with Gasteiger partial charge < -0.3 is 9.57 Å². The molecule has 0 saturated carbocycles. The smallest absolute Gasteiger partial charge is 0.343 e. The summed E-state index contributed by atoms with van der Waals surface area (Å²) < 4.78 is 6.13. The fraction of sp³-hybridized carbons (Fsp3) is 0.357. The van der Waals surface area contributed by atoms with Gasteiger partial charge in [0.1, 0.15) is 5.60 Å². The van der Waals surface area contributed by atoms with Crippen LogP contribution in [0.3, 0.4) is 0 Å². The highest BCUT2D eigenvalue weighted by Gasteiger charge is 2.34. The highest BCUT2D eigenvalue weighted by molar-refractivity contribution is 7.16. The minimum absolute atomic E-state index is 0.469. The van der Waals surface area contributed by atoms with Crippen molar-refractivity contribution in [3.8, 4) is 0 Å². The highest BCUT2D eigenvalue weighted by Crippen LogP contribution is 2.27. The first-order valence-corrected chi connectivity index (χ1v) is 7.16. The SMILES string of the molecule is CC(C)(C)OC(=O)[C@H](C(=O)ON)c1ccc2ncsc2c1. The van der Waals surface area contributed by atoms with Gasteiger partial charge in [0.25, 0.3) is 0 Å². The molecule has 0 spiro atoms. The first-order valence-electron chi connectivity index (χ1n) is 6.28. The molecule has 2 N–H and O–H groups in total. The van der Waals surface area contributed by atoms with Crippen molar-refractivity contribution in [3.05, 3.63) is 29.3 Å². The van der Waals surface area contributed by atoms with Crippen LogP contribution in [0.25, 0.3) is 10.2 Å². The molecule has 0 aliphatic rings. The second kappa shape index (κ2) is 5.79. The summed E-state index contributed by atoms with van der Waals surface area (Å²) in [5.41, 5.74) is 2.25. The number of nitrogens with zero attached hydrogens (tertiary/aromatic N) is 1.